The van der Waals surface area contributed by atoms with E-state index in [1.54, 1.807) is 12.3 Å². The van der Waals surface area contributed by atoms with Gasteiger partial charge < -0.3 is 10.6 Å². The molecule has 18 heavy (non-hydrogen) atoms. The van der Waals surface area contributed by atoms with Crippen molar-refractivity contribution < 1.29 is 0 Å². The fraction of sp³-hybridized carbons (Fsp3) is 0.500. The second kappa shape index (κ2) is 7.18. The number of aromatic nitrogens is 2. The second-order valence-corrected chi connectivity index (χ2v) is 4.56. The van der Waals surface area contributed by atoms with Gasteiger partial charge in [0.15, 0.2) is 0 Å². The first-order valence-electron chi connectivity index (χ1n) is 5.90. The monoisotopic (exact) mass is 270 g/mol. The predicted molar refractivity (Wildman–Crippen MR) is 75.3 cm³/mol. The van der Waals surface area contributed by atoms with Crippen molar-refractivity contribution in [2.75, 3.05) is 18.4 Å². The highest BCUT2D eigenvalue weighted by Crippen LogP contribution is 2.14. The van der Waals surface area contributed by atoms with E-state index < -0.39 is 0 Å². The van der Waals surface area contributed by atoms with Gasteiger partial charge in [-0.25, -0.2) is 4.68 Å². The molecule has 0 amide bonds. The highest BCUT2D eigenvalue weighted by atomic mass is 35.5. The van der Waals surface area contributed by atoms with Crippen molar-refractivity contribution in [3.63, 3.8) is 0 Å². The molecule has 2 N–H and O–H groups in total. The van der Waals surface area contributed by atoms with Crippen molar-refractivity contribution in [2.24, 2.45) is 0 Å². The lowest BCUT2D eigenvalue weighted by Gasteiger charge is -2.11. The van der Waals surface area contributed by atoms with E-state index in [1.165, 1.54) is 4.68 Å². The zero-order valence-electron chi connectivity index (χ0n) is 10.7. The Labute approximate surface area is 112 Å². The van der Waals surface area contributed by atoms with E-state index in [0.717, 1.165) is 6.54 Å². The highest BCUT2D eigenvalue weighted by Gasteiger charge is 2.07. The molecule has 1 aromatic heterocycles. The SMILES string of the molecule is C=CCn1ncc(NCCNC(C)C)c(Cl)c1=O. The lowest BCUT2D eigenvalue weighted by Crippen LogP contribution is -2.29. The van der Waals surface area contributed by atoms with Crippen LogP contribution in [0.15, 0.2) is 23.6 Å². The van der Waals surface area contributed by atoms with E-state index in [-0.39, 0.29) is 10.6 Å². The number of allylic oxidation sites excluding steroid dienone is 1. The first kappa shape index (κ1) is 14.7. The van der Waals surface area contributed by atoms with Crippen LogP contribution in [0.1, 0.15) is 13.8 Å². The minimum absolute atomic E-state index is 0.163. The summed E-state index contributed by atoms with van der Waals surface area (Å²) in [6.45, 7) is 9.54. The van der Waals surface area contributed by atoms with E-state index in [1.807, 2.05) is 0 Å². The zero-order valence-corrected chi connectivity index (χ0v) is 11.5. The Kier molecular flexibility index (Phi) is 5.88. The largest absolute Gasteiger partial charge is 0.381 e. The van der Waals surface area contributed by atoms with Crippen LogP contribution in [-0.2, 0) is 6.54 Å². The van der Waals surface area contributed by atoms with Crippen molar-refractivity contribution in [1.82, 2.24) is 15.1 Å². The summed E-state index contributed by atoms with van der Waals surface area (Å²) >= 11 is 5.99. The number of anilines is 1. The second-order valence-electron chi connectivity index (χ2n) is 4.18. The molecule has 0 saturated carbocycles. The summed E-state index contributed by atoms with van der Waals surface area (Å²) in [5, 5.41) is 10.5. The Hall–Kier alpha value is -1.33. The number of halogens is 1. The van der Waals surface area contributed by atoms with Crippen LogP contribution in [0, 0.1) is 0 Å². The lowest BCUT2D eigenvalue weighted by molar-refractivity contribution is 0.601. The van der Waals surface area contributed by atoms with Crippen molar-refractivity contribution in [3.8, 4) is 0 Å². The number of nitrogens with one attached hydrogen (secondary N) is 2. The standard InChI is InChI=1S/C12H19ClN4O/c1-4-7-17-12(18)11(13)10(8-16-17)15-6-5-14-9(2)3/h4,8-9,14-15H,1,5-7H2,2-3H3. The molecular weight excluding hydrogens is 252 g/mol. The van der Waals surface area contributed by atoms with Crippen molar-refractivity contribution in [2.45, 2.75) is 26.4 Å². The molecule has 1 rings (SSSR count). The zero-order chi connectivity index (χ0) is 13.5. The third kappa shape index (κ3) is 4.16. The summed E-state index contributed by atoms with van der Waals surface area (Å²) in [7, 11) is 0. The molecular formula is C12H19ClN4O. The van der Waals surface area contributed by atoms with Crippen LogP contribution in [0.2, 0.25) is 5.02 Å². The van der Waals surface area contributed by atoms with Gasteiger partial charge in [-0.15, -0.1) is 6.58 Å². The molecule has 1 aromatic rings. The Morgan fingerprint density at radius 1 is 1.56 bits per heavy atom. The Morgan fingerprint density at radius 3 is 2.89 bits per heavy atom. The van der Waals surface area contributed by atoms with E-state index in [9.17, 15) is 4.79 Å². The molecule has 0 atom stereocenters. The molecule has 6 heteroatoms. The first-order chi connectivity index (χ1) is 8.56. The minimum atomic E-state index is -0.307. The van der Waals surface area contributed by atoms with Crippen molar-refractivity contribution in [1.29, 1.82) is 0 Å². The third-order valence-corrected chi connectivity index (χ3v) is 2.65. The molecule has 5 nitrogen and oxygen atoms in total. The molecule has 0 aliphatic carbocycles. The molecule has 0 bridgehead atoms. The fourth-order valence-electron chi connectivity index (χ4n) is 1.40. The summed E-state index contributed by atoms with van der Waals surface area (Å²) in [4.78, 5) is 11.8. The summed E-state index contributed by atoms with van der Waals surface area (Å²) in [6.07, 6.45) is 3.16. The van der Waals surface area contributed by atoms with Gasteiger partial charge in [0.05, 0.1) is 18.4 Å². The quantitative estimate of drug-likeness (QED) is 0.582. The summed E-state index contributed by atoms with van der Waals surface area (Å²) in [6, 6.07) is 0.431. The Morgan fingerprint density at radius 2 is 2.28 bits per heavy atom. The van der Waals surface area contributed by atoms with Gasteiger partial charge in [0.25, 0.3) is 5.56 Å². The summed E-state index contributed by atoms with van der Waals surface area (Å²) in [5.41, 5.74) is 0.255. The number of hydrogen-bond acceptors (Lipinski definition) is 4. The van der Waals surface area contributed by atoms with Crippen LogP contribution in [0.25, 0.3) is 0 Å². The molecule has 1 heterocycles. The molecule has 0 unspecified atom stereocenters. The highest BCUT2D eigenvalue weighted by molar-refractivity contribution is 6.32. The Balaban J connectivity index is 2.65. The molecule has 0 spiro atoms. The maximum atomic E-state index is 11.8. The topological polar surface area (TPSA) is 59.0 Å². The van der Waals surface area contributed by atoms with E-state index in [4.69, 9.17) is 11.6 Å². The normalized spacial score (nSPS) is 10.7. The molecule has 0 radical (unpaired) electrons. The van der Waals surface area contributed by atoms with Gasteiger partial charge in [-0.05, 0) is 0 Å². The van der Waals surface area contributed by atoms with Crippen LogP contribution in [-0.4, -0.2) is 28.9 Å². The van der Waals surface area contributed by atoms with E-state index in [2.05, 4.69) is 36.2 Å². The smallest absolute Gasteiger partial charge is 0.287 e. The van der Waals surface area contributed by atoms with Gasteiger partial charge in [-0.1, -0.05) is 31.5 Å². The first-order valence-corrected chi connectivity index (χ1v) is 6.27. The van der Waals surface area contributed by atoms with Gasteiger partial charge in [0, 0.05) is 19.1 Å². The van der Waals surface area contributed by atoms with Crippen LogP contribution >= 0.6 is 11.6 Å². The van der Waals surface area contributed by atoms with Gasteiger partial charge >= 0.3 is 0 Å². The van der Waals surface area contributed by atoms with Gasteiger partial charge in [0.2, 0.25) is 0 Å². The van der Waals surface area contributed by atoms with Crippen LogP contribution in [0.5, 0.6) is 0 Å². The number of hydrogen-bond donors (Lipinski definition) is 2. The Bertz CT molecular complexity index is 456. The van der Waals surface area contributed by atoms with Crippen LogP contribution in [0.3, 0.4) is 0 Å². The van der Waals surface area contributed by atoms with Crippen molar-refractivity contribution in [3.05, 3.63) is 34.2 Å². The summed E-state index contributed by atoms with van der Waals surface area (Å²) < 4.78 is 1.27. The molecule has 100 valence electrons. The maximum absolute atomic E-state index is 11.8. The maximum Gasteiger partial charge on any atom is 0.287 e. The van der Waals surface area contributed by atoms with Gasteiger partial charge in [0.1, 0.15) is 5.02 Å². The molecule has 0 aliphatic rings. The van der Waals surface area contributed by atoms with Crippen molar-refractivity contribution >= 4 is 17.3 Å². The number of rotatable bonds is 7. The molecule has 0 saturated heterocycles. The molecule has 0 aliphatic heterocycles. The fourth-order valence-corrected chi connectivity index (χ4v) is 1.61. The third-order valence-electron chi connectivity index (χ3n) is 2.28. The average molecular weight is 271 g/mol. The van der Waals surface area contributed by atoms with Gasteiger partial charge in [-0.2, -0.15) is 5.10 Å². The molecule has 0 fully saturated rings. The predicted octanol–water partition coefficient (Wildman–Crippen LogP) is 1.49. The number of nitrogens with zero attached hydrogens (tertiary/aromatic N) is 2. The van der Waals surface area contributed by atoms with E-state index in [0.29, 0.717) is 24.8 Å². The van der Waals surface area contributed by atoms with E-state index >= 15 is 0 Å². The average Bonchev–Trinajstić information content (AvgIpc) is 2.33. The lowest BCUT2D eigenvalue weighted by atomic mass is 10.4. The molecule has 0 aromatic carbocycles. The minimum Gasteiger partial charge on any atom is -0.381 e. The van der Waals surface area contributed by atoms with Crippen LogP contribution < -0.4 is 16.2 Å². The van der Waals surface area contributed by atoms with Crippen LogP contribution in [0.4, 0.5) is 5.69 Å². The van der Waals surface area contributed by atoms with Gasteiger partial charge in [-0.3, -0.25) is 4.79 Å². The summed E-state index contributed by atoms with van der Waals surface area (Å²) in [5.74, 6) is 0.